The standard InChI is InChI=1S/C14H15F4N3O/c1-7(22)20-21-11-6-8-10(15)5-4-9(14(16,17)18)12(8)19-13(11,2)3/h4-5,19H,6H2,1-3H3,(H,20,22)/b21-11+. The number of carbonyl (C=O) groups excluding carboxylic acids is 1. The Balaban J connectivity index is 2.54. The molecule has 0 aliphatic carbocycles. The van der Waals surface area contributed by atoms with Gasteiger partial charge in [-0.05, 0) is 26.0 Å². The number of fused-ring (bicyclic) bond motifs is 1. The molecule has 0 fully saturated rings. The summed E-state index contributed by atoms with van der Waals surface area (Å²) in [7, 11) is 0. The zero-order valence-electron chi connectivity index (χ0n) is 12.2. The highest BCUT2D eigenvalue weighted by Gasteiger charge is 2.40. The van der Waals surface area contributed by atoms with Crippen molar-refractivity contribution in [2.75, 3.05) is 5.32 Å². The molecule has 1 aromatic rings. The average Bonchev–Trinajstić information content (AvgIpc) is 2.34. The lowest BCUT2D eigenvalue weighted by Gasteiger charge is -2.36. The fourth-order valence-electron chi connectivity index (χ4n) is 2.27. The highest BCUT2D eigenvalue weighted by atomic mass is 19.4. The zero-order valence-corrected chi connectivity index (χ0v) is 12.2. The largest absolute Gasteiger partial charge is 0.418 e. The second kappa shape index (κ2) is 5.26. The molecule has 0 radical (unpaired) electrons. The van der Waals surface area contributed by atoms with Crippen molar-refractivity contribution >= 4 is 17.3 Å². The van der Waals surface area contributed by atoms with Gasteiger partial charge in [0.25, 0.3) is 0 Å². The molecule has 8 heteroatoms. The third-order valence-electron chi connectivity index (χ3n) is 3.41. The summed E-state index contributed by atoms with van der Waals surface area (Å²) >= 11 is 0. The highest BCUT2D eigenvalue weighted by Crippen LogP contribution is 2.41. The van der Waals surface area contributed by atoms with Gasteiger partial charge >= 0.3 is 6.18 Å². The van der Waals surface area contributed by atoms with E-state index in [2.05, 4.69) is 15.8 Å². The summed E-state index contributed by atoms with van der Waals surface area (Å²) in [5.41, 5.74) is 0.304. The fourth-order valence-corrected chi connectivity index (χ4v) is 2.27. The van der Waals surface area contributed by atoms with Gasteiger partial charge in [0.15, 0.2) is 0 Å². The molecule has 0 spiro atoms. The predicted molar refractivity (Wildman–Crippen MR) is 74.1 cm³/mol. The third kappa shape index (κ3) is 3.05. The van der Waals surface area contributed by atoms with Crippen LogP contribution in [0, 0.1) is 5.82 Å². The van der Waals surface area contributed by atoms with E-state index in [0.29, 0.717) is 11.8 Å². The van der Waals surface area contributed by atoms with Gasteiger partial charge in [0.1, 0.15) is 5.82 Å². The maximum absolute atomic E-state index is 13.9. The molecule has 1 heterocycles. The molecule has 0 atom stereocenters. The first kappa shape index (κ1) is 16.3. The van der Waals surface area contributed by atoms with Crippen LogP contribution in [-0.4, -0.2) is 17.2 Å². The van der Waals surface area contributed by atoms with Crippen molar-refractivity contribution in [3.05, 3.63) is 29.1 Å². The number of halogens is 4. The SMILES string of the molecule is CC(=O)N/N=C1\Cc2c(F)ccc(C(F)(F)F)c2NC1(C)C. The summed E-state index contributed by atoms with van der Waals surface area (Å²) < 4.78 is 53.1. The first-order chi connectivity index (χ1) is 10.0. The van der Waals surface area contributed by atoms with Gasteiger partial charge < -0.3 is 5.32 Å². The predicted octanol–water partition coefficient (Wildman–Crippen LogP) is 3.08. The van der Waals surface area contributed by atoms with E-state index in [1.807, 2.05) is 0 Å². The number of rotatable bonds is 1. The third-order valence-corrected chi connectivity index (χ3v) is 3.41. The van der Waals surface area contributed by atoms with Crippen LogP contribution in [0.3, 0.4) is 0 Å². The molecule has 1 aliphatic rings. The van der Waals surface area contributed by atoms with E-state index in [9.17, 15) is 22.4 Å². The smallest absolute Gasteiger partial charge is 0.374 e. The molecule has 0 saturated heterocycles. The topological polar surface area (TPSA) is 53.5 Å². The van der Waals surface area contributed by atoms with Crippen LogP contribution in [0.25, 0.3) is 0 Å². The summed E-state index contributed by atoms with van der Waals surface area (Å²) in [5.74, 6) is -1.17. The number of hydrogen-bond acceptors (Lipinski definition) is 3. The summed E-state index contributed by atoms with van der Waals surface area (Å²) in [5, 5.41) is 6.56. The molecule has 0 aromatic heterocycles. The Kier molecular flexibility index (Phi) is 3.88. The van der Waals surface area contributed by atoms with Crippen molar-refractivity contribution < 1.29 is 22.4 Å². The van der Waals surface area contributed by atoms with Crippen molar-refractivity contribution in [1.82, 2.24) is 5.43 Å². The van der Waals surface area contributed by atoms with E-state index in [1.54, 1.807) is 13.8 Å². The average molecular weight is 317 g/mol. The quantitative estimate of drug-likeness (QED) is 0.618. The Hall–Kier alpha value is -2.12. The molecule has 0 bridgehead atoms. The summed E-state index contributed by atoms with van der Waals surface area (Å²) in [6.07, 6.45) is -4.71. The van der Waals surface area contributed by atoms with Gasteiger partial charge in [-0.3, -0.25) is 4.79 Å². The number of hydrogen-bond donors (Lipinski definition) is 2. The van der Waals surface area contributed by atoms with Crippen LogP contribution < -0.4 is 10.7 Å². The second-order valence-electron chi connectivity index (χ2n) is 5.60. The lowest BCUT2D eigenvalue weighted by atomic mass is 9.85. The maximum Gasteiger partial charge on any atom is 0.418 e. The minimum Gasteiger partial charge on any atom is -0.374 e. The van der Waals surface area contributed by atoms with E-state index in [4.69, 9.17) is 0 Å². The Morgan fingerprint density at radius 3 is 2.55 bits per heavy atom. The maximum atomic E-state index is 13.9. The van der Waals surface area contributed by atoms with Gasteiger partial charge in [0.2, 0.25) is 5.91 Å². The minimum atomic E-state index is -4.59. The molecule has 0 saturated carbocycles. The molecule has 2 rings (SSSR count). The van der Waals surface area contributed by atoms with Gasteiger partial charge in [-0.15, -0.1) is 0 Å². The molecule has 4 nitrogen and oxygen atoms in total. The number of carbonyl (C=O) groups is 1. The highest BCUT2D eigenvalue weighted by molar-refractivity contribution is 6.01. The van der Waals surface area contributed by atoms with E-state index in [0.717, 1.165) is 6.07 Å². The van der Waals surface area contributed by atoms with Crippen molar-refractivity contribution in [2.24, 2.45) is 5.10 Å². The van der Waals surface area contributed by atoms with Crippen molar-refractivity contribution in [1.29, 1.82) is 0 Å². The molecule has 120 valence electrons. The van der Waals surface area contributed by atoms with Crippen molar-refractivity contribution in [3.8, 4) is 0 Å². The van der Waals surface area contributed by atoms with E-state index in [-0.39, 0.29) is 17.7 Å². The van der Waals surface area contributed by atoms with Crippen molar-refractivity contribution in [2.45, 2.75) is 38.9 Å². The lowest BCUT2D eigenvalue weighted by molar-refractivity contribution is -0.137. The number of anilines is 1. The number of amides is 1. The van der Waals surface area contributed by atoms with Crippen LogP contribution >= 0.6 is 0 Å². The van der Waals surface area contributed by atoms with Crippen LogP contribution in [0.4, 0.5) is 23.2 Å². The van der Waals surface area contributed by atoms with Crippen molar-refractivity contribution in [3.63, 3.8) is 0 Å². The molecule has 1 amide bonds. The molecular weight excluding hydrogens is 302 g/mol. The molecular formula is C14H15F4N3O. The number of nitrogens with one attached hydrogen (secondary N) is 2. The molecule has 22 heavy (non-hydrogen) atoms. The number of benzene rings is 1. The number of alkyl halides is 3. The minimum absolute atomic E-state index is 0.113. The monoisotopic (exact) mass is 317 g/mol. The first-order valence-electron chi connectivity index (χ1n) is 6.53. The Morgan fingerprint density at radius 2 is 2.00 bits per heavy atom. The molecule has 2 N–H and O–H groups in total. The molecule has 1 aliphatic heterocycles. The van der Waals surface area contributed by atoms with Gasteiger partial charge in [0, 0.05) is 18.9 Å². The zero-order chi connectivity index (χ0) is 16.7. The van der Waals surface area contributed by atoms with E-state index >= 15 is 0 Å². The van der Waals surface area contributed by atoms with Gasteiger partial charge in [0.05, 0.1) is 22.5 Å². The van der Waals surface area contributed by atoms with Crippen LogP contribution in [-0.2, 0) is 17.4 Å². The molecule has 0 unspecified atom stereocenters. The van der Waals surface area contributed by atoms with Gasteiger partial charge in [-0.2, -0.15) is 18.3 Å². The van der Waals surface area contributed by atoms with Gasteiger partial charge in [-0.25, -0.2) is 9.82 Å². The Labute approximate surface area is 124 Å². The Bertz CT molecular complexity index is 650. The second-order valence-corrected chi connectivity index (χ2v) is 5.60. The van der Waals surface area contributed by atoms with Crippen LogP contribution in [0.5, 0.6) is 0 Å². The van der Waals surface area contributed by atoms with E-state index < -0.39 is 29.0 Å². The van der Waals surface area contributed by atoms with Crippen LogP contribution in [0.1, 0.15) is 31.9 Å². The number of nitrogens with zero attached hydrogens (tertiary/aromatic N) is 1. The van der Waals surface area contributed by atoms with E-state index in [1.165, 1.54) is 6.92 Å². The number of hydrazone groups is 1. The summed E-state index contributed by atoms with van der Waals surface area (Å²) in [6.45, 7) is 4.48. The summed E-state index contributed by atoms with van der Waals surface area (Å²) in [4.78, 5) is 10.9. The normalized spacial score (nSPS) is 18.6. The molecule has 1 aromatic carbocycles. The summed E-state index contributed by atoms with van der Waals surface area (Å²) in [6, 6.07) is 1.50. The van der Waals surface area contributed by atoms with Gasteiger partial charge in [-0.1, -0.05) is 0 Å². The Morgan fingerprint density at radius 1 is 1.36 bits per heavy atom. The van der Waals surface area contributed by atoms with Crippen LogP contribution in [0.15, 0.2) is 17.2 Å². The first-order valence-corrected chi connectivity index (χ1v) is 6.53. The van der Waals surface area contributed by atoms with Crippen LogP contribution in [0.2, 0.25) is 0 Å². The fraction of sp³-hybridized carbons (Fsp3) is 0.429. The lowest BCUT2D eigenvalue weighted by Crippen LogP contribution is -2.47.